The molecular weight excluding hydrogens is 458 g/mol. The Morgan fingerprint density at radius 3 is 1.96 bits per heavy atom. The number of amides is 1. The second-order valence-electron chi connectivity index (χ2n) is 5.21. The van der Waals surface area contributed by atoms with E-state index in [1.807, 2.05) is 0 Å². The number of hydrogen-bond donors (Lipinski definition) is 1. The molecule has 0 aliphatic heterocycles. The molecule has 148 valence electrons. The van der Waals surface area contributed by atoms with Gasteiger partial charge in [-0.2, -0.15) is 18.3 Å². The van der Waals surface area contributed by atoms with Gasteiger partial charge in [0.15, 0.2) is 29.0 Å². The van der Waals surface area contributed by atoms with Crippen LogP contribution in [0.25, 0.3) is 0 Å². The summed E-state index contributed by atoms with van der Waals surface area (Å²) < 4.78 is 105. The van der Waals surface area contributed by atoms with Gasteiger partial charge in [-0.15, -0.1) is 0 Å². The Labute approximate surface area is 154 Å². The number of aromatic nitrogens is 2. The summed E-state index contributed by atoms with van der Waals surface area (Å²) in [4.78, 5) is 11.7. The van der Waals surface area contributed by atoms with Gasteiger partial charge in [-0.3, -0.25) is 9.48 Å². The molecule has 0 aliphatic carbocycles. The van der Waals surface area contributed by atoms with E-state index >= 15 is 0 Å². The highest BCUT2D eigenvalue weighted by Crippen LogP contribution is 2.35. The van der Waals surface area contributed by atoms with Gasteiger partial charge in [0, 0.05) is 6.42 Å². The standard InChI is InChI=1S/C14H8BrF8N3O/c1-4-6(15)13(14(21,22)23)25-26(4)3-2-5(27)24-12-10(19)8(17)7(16)9(18)11(12)20/h2-3H2,1H3,(H,24,27). The summed E-state index contributed by atoms with van der Waals surface area (Å²) in [5.74, 6) is -12.6. The van der Waals surface area contributed by atoms with Crippen LogP contribution in [0.5, 0.6) is 0 Å². The Kier molecular flexibility index (Phi) is 5.82. The highest BCUT2D eigenvalue weighted by Gasteiger charge is 2.38. The molecule has 13 heteroatoms. The molecule has 1 N–H and O–H groups in total. The Balaban J connectivity index is 2.17. The zero-order valence-electron chi connectivity index (χ0n) is 13.1. The van der Waals surface area contributed by atoms with E-state index < -0.39 is 65.5 Å². The number of nitrogens with zero attached hydrogens (tertiary/aromatic N) is 2. The lowest BCUT2D eigenvalue weighted by molar-refractivity contribution is -0.142. The van der Waals surface area contributed by atoms with Crippen LogP contribution in [0.2, 0.25) is 0 Å². The molecule has 0 atom stereocenters. The third-order valence-electron chi connectivity index (χ3n) is 3.43. The summed E-state index contributed by atoms with van der Waals surface area (Å²) >= 11 is 2.72. The minimum atomic E-state index is -4.76. The molecule has 1 aromatic heterocycles. The number of anilines is 1. The van der Waals surface area contributed by atoms with Crippen molar-refractivity contribution in [3.05, 3.63) is 44.9 Å². The zero-order chi connectivity index (χ0) is 20.7. The van der Waals surface area contributed by atoms with Crippen LogP contribution < -0.4 is 5.32 Å². The molecule has 2 rings (SSSR count). The van der Waals surface area contributed by atoms with E-state index in [2.05, 4.69) is 21.0 Å². The third kappa shape index (κ3) is 4.06. The first-order chi connectivity index (χ1) is 12.4. The second-order valence-corrected chi connectivity index (χ2v) is 6.00. The molecule has 0 aliphatic rings. The molecule has 2 aromatic rings. The van der Waals surface area contributed by atoms with Gasteiger partial charge < -0.3 is 5.32 Å². The van der Waals surface area contributed by atoms with E-state index in [0.29, 0.717) is 0 Å². The van der Waals surface area contributed by atoms with Crippen LogP contribution in [0.15, 0.2) is 4.47 Å². The Morgan fingerprint density at radius 1 is 1.04 bits per heavy atom. The molecule has 1 amide bonds. The van der Waals surface area contributed by atoms with Crippen molar-refractivity contribution < 1.29 is 39.9 Å². The first kappa shape index (κ1) is 21.1. The summed E-state index contributed by atoms with van der Waals surface area (Å²) in [7, 11) is 0. The number of rotatable bonds is 4. The fourth-order valence-corrected chi connectivity index (χ4v) is 2.56. The van der Waals surface area contributed by atoms with Crippen molar-refractivity contribution >= 4 is 27.5 Å². The summed E-state index contributed by atoms with van der Waals surface area (Å²) in [5.41, 5.74) is -2.77. The van der Waals surface area contributed by atoms with Gasteiger partial charge >= 0.3 is 6.18 Å². The second kappa shape index (κ2) is 7.44. The molecule has 0 unspecified atom stereocenters. The van der Waals surface area contributed by atoms with Crippen molar-refractivity contribution in [2.45, 2.75) is 26.1 Å². The topological polar surface area (TPSA) is 46.9 Å². The monoisotopic (exact) mass is 465 g/mol. The molecular formula is C14H8BrF8N3O. The van der Waals surface area contributed by atoms with Gasteiger partial charge in [0.05, 0.1) is 16.7 Å². The summed E-state index contributed by atoms with van der Waals surface area (Å²) in [5, 5.41) is 4.80. The van der Waals surface area contributed by atoms with Gasteiger partial charge in [0.25, 0.3) is 0 Å². The van der Waals surface area contributed by atoms with Gasteiger partial charge in [-0.05, 0) is 22.9 Å². The van der Waals surface area contributed by atoms with Crippen LogP contribution in [-0.2, 0) is 17.5 Å². The maximum atomic E-state index is 13.5. The number of nitrogens with one attached hydrogen (secondary N) is 1. The van der Waals surface area contributed by atoms with Crippen molar-refractivity contribution in [1.29, 1.82) is 0 Å². The van der Waals surface area contributed by atoms with Crippen LogP contribution in [-0.4, -0.2) is 15.7 Å². The number of aryl methyl sites for hydroxylation is 1. The maximum Gasteiger partial charge on any atom is 0.436 e. The number of halogens is 9. The first-order valence-corrected chi connectivity index (χ1v) is 7.76. The predicted molar refractivity (Wildman–Crippen MR) is 79.1 cm³/mol. The number of carbonyl (C=O) groups excluding carboxylic acids is 1. The SMILES string of the molecule is Cc1c(Br)c(C(F)(F)F)nn1CCC(=O)Nc1c(F)c(F)c(F)c(F)c1F. The number of alkyl halides is 3. The molecule has 0 radical (unpaired) electrons. The Bertz CT molecular complexity index is 880. The van der Waals surface area contributed by atoms with Crippen molar-refractivity contribution in [1.82, 2.24) is 9.78 Å². The fraction of sp³-hybridized carbons (Fsp3) is 0.286. The zero-order valence-corrected chi connectivity index (χ0v) is 14.7. The van der Waals surface area contributed by atoms with E-state index in [1.165, 1.54) is 12.2 Å². The molecule has 0 saturated carbocycles. The average Bonchev–Trinajstić information content (AvgIpc) is 2.88. The minimum Gasteiger partial charge on any atom is -0.321 e. The van der Waals surface area contributed by atoms with Gasteiger partial charge in [-0.1, -0.05) is 0 Å². The Morgan fingerprint density at radius 2 is 1.52 bits per heavy atom. The predicted octanol–water partition coefficient (Wildman–Crippen LogP) is 4.70. The molecule has 1 heterocycles. The van der Waals surface area contributed by atoms with E-state index in [1.54, 1.807) is 0 Å². The molecule has 1 aromatic carbocycles. The van der Waals surface area contributed by atoms with Crippen LogP contribution in [0.3, 0.4) is 0 Å². The van der Waals surface area contributed by atoms with Gasteiger partial charge in [0.1, 0.15) is 5.69 Å². The molecule has 0 spiro atoms. The highest BCUT2D eigenvalue weighted by molar-refractivity contribution is 9.10. The van der Waals surface area contributed by atoms with Crippen LogP contribution in [0, 0.1) is 36.0 Å². The van der Waals surface area contributed by atoms with E-state index in [4.69, 9.17) is 0 Å². The van der Waals surface area contributed by atoms with Crippen molar-refractivity contribution in [2.75, 3.05) is 5.32 Å². The fourth-order valence-electron chi connectivity index (χ4n) is 2.05. The van der Waals surface area contributed by atoms with Gasteiger partial charge in [-0.25, -0.2) is 22.0 Å². The minimum absolute atomic E-state index is 0.0198. The molecule has 0 bridgehead atoms. The smallest absolute Gasteiger partial charge is 0.321 e. The van der Waals surface area contributed by atoms with E-state index in [-0.39, 0.29) is 10.2 Å². The molecule has 0 fully saturated rings. The molecule has 4 nitrogen and oxygen atoms in total. The number of benzene rings is 1. The molecule has 0 saturated heterocycles. The maximum absolute atomic E-state index is 13.5. The quantitative estimate of drug-likeness (QED) is 0.404. The normalized spacial score (nSPS) is 11.8. The summed E-state index contributed by atoms with van der Waals surface area (Å²) in [6.07, 6.45) is -5.40. The van der Waals surface area contributed by atoms with Crippen LogP contribution in [0.1, 0.15) is 17.8 Å². The van der Waals surface area contributed by atoms with Crippen molar-refractivity contribution in [3.8, 4) is 0 Å². The summed E-state index contributed by atoms with van der Waals surface area (Å²) in [6, 6.07) is 0. The number of carbonyl (C=O) groups is 1. The molecule has 27 heavy (non-hydrogen) atoms. The average molecular weight is 466 g/mol. The van der Waals surface area contributed by atoms with Crippen molar-refractivity contribution in [3.63, 3.8) is 0 Å². The van der Waals surface area contributed by atoms with Gasteiger partial charge in [0.2, 0.25) is 11.7 Å². The van der Waals surface area contributed by atoms with E-state index in [9.17, 15) is 39.9 Å². The lowest BCUT2D eigenvalue weighted by Gasteiger charge is -2.10. The van der Waals surface area contributed by atoms with Crippen LogP contribution >= 0.6 is 15.9 Å². The van der Waals surface area contributed by atoms with Crippen LogP contribution in [0.4, 0.5) is 40.8 Å². The number of hydrogen-bond acceptors (Lipinski definition) is 2. The third-order valence-corrected chi connectivity index (χ3v) is 4.38. The largest absolute Gasteiger partial charge is 0.436 e. The first-order valence-electron chi connectivity index (χ1n) is 6.97. The Hall–Kier alpha value is -2.18. The lowest BCUT2D eigenvalue weighted by Crippen LogP contribution is -2.19. The highest BCUT2D eigenvalue weighted by atomic mass is 79.9. The lowest BCUT2D eigenvalue weighted by atomic mass is 10.2. The summed E-state index contributed by atoms with van der Waals surface area (Å²) in [6.45, 7) is 0.829. The van der Waals surface area contributed by atoms with Crippen molar-refractivity contribution in [2.24, 2.45) is 0 Å². The van der Waals surface area contributed by atoms with E-state index in [0.717, 1.165) is 4.68 Å².